The van der Waals surface area contributed by atoms with Crippen LogP contribution in [0.25, 0.3) is 0 Å². The van der Waals surface area contributed by atoms with Crippen LogP contribution in [0.4, 0.5) is 13.2 Å². The van der Waals surface area contributed by atoms with E-state index in [1.165, 1.54) is 36.4 Å². The Bertz CT molecular complexity index is 1320. The number of alkyl halides is 2. The second-order valence-electron chi connectivity index (χ2n) is 10.5. The largest absolute Gasteiger partial charge is 0.435 e. The Morgan fingerprint density at radius 2 is 1.68 bits per heavy atom. The lowest BCUT2D eigenvalue weighted by molar-refractivity contribution is -0.0498. The van der Waals surface area contributed by atoms with Crippen LogP contribution >= 0.6 is 0 Å². The van der Waals surface area contributed by atoms with Gasteiger partial charge in [0.25, 0.3) is 11.8 Å². The number of ether oxygens (including phenoxy) is 2. The smallest absolute Gasteiger partial charge is 0.387 e. The molecule has 1 spiro atoms. The Morgan fingerprint density at radius 1 is 0.975 bits per heavy atom. The highest BCUT2D eigenvalue weighted by Crippen LogP contribution is 2.42. The summed E-state index contributed by atoms with van der Waals surface area (Å²) in [6.45, 7) is -0.751. The number of carbonyl (C=O) groups excluding carboxylic acids is 2. The molecule has 3 aromatic carbocycles. The van der Waals surface area contributed by atoms with Crippen LogP contribution in [0.3, 0.4) is 0 Å². The fourth-order valence-electron chi connectivity index (χ4n) is 5.49. The molecule has 1 atom stereocenters. The lowest BCUT2D eigenvalue weighted by Crippen LogP contribution is -2.43. The van der Waals surface area contributed by atoms with Gasteiger partial charge in [0.2, 0.25) is 0 Å². The molecular formula is C31H31F3N2O4. The van der Waals surface area contributed by atoms with Crippen molar-refractivity contribution >= 4 is 11.8 Å². The molecule has 6 nitrogen and oxygen atoms in total. The highest BCUT2D eigenvalue weighted by molar-refractivity contribution is 5.94. The SMILES string of the molecule is O=C(NCC1CC2(CCN(C(=O)c3ccc(OC(F)F)cc3)CC2)CO1)c1ccc(Cc2cccc(F)c2)cc1. The molecule has 2 fully saturated rings. The van der Waals surface area contributed by atoms with Gasteiger partial charge >= 0.3 is 6.61 Å². The van der Waals surface area contributed by atoms with Gasteiger partial charge in [-0.3, -0.25) is 9.59 Å². The summed E-state index contributed by atoms with van der Waals surface area (Å²) in [6.07, 6.45) is 2.89. The molecule has 2 amide bonds. The molecule has 0 aromatic heterocycles. The molecule has 2 heterocycles. The normalized spacial score (nSPS) is 18.2. The average Bonchev–Trinajstić information content (AvgIpc) is 3.34. The second kappa shape index (κ2) is 12.1. The highest BCUT2D eigenvalue weighted by atomic mass is 19.3. The van der Waals surface area contributed by atoms with Gasteiger partial charge in [-0.15, -0.1) is 0 Å². The standard InChI is InChI=1S/C31H31F3N2O4/c32-25-3-1-2-22(17-25)16-21-4-6-23(7-5-21)28(37)35-19-27-18-31(20-39-27)12-14-36(15-13-31)29(38)24-8-10-26(11-9-24)40-30(33)34/h1-11,17,27,30H,12-16,18-20H2,(H,35,37). The fourth-order valence-corrected chi connectivity index (χ4v) is 5.49. The fraction of sp³-hybridized carbons (Fsp3) is 0.355. The summed E-state index contributed by atoms with van der Waals surface area (Å²) < 4.78 is 48.5. The third-order valence-electron chi connectivity index (χ3n) is 7.73. The Kier molecular flexibility index (Phi) is 8.40. The number of hydrogen-bond donors (Lipinski definition) is 1. The minimum absolute atomic E-state index is 0.0169. The van der Waals surface area contributed by atoms with Gasteiger partial charge in [0.1, 0.15) is 11.6 Å². The topological polar surface area (TPSA) is 67.9 Å². The number of nitrogens with zero attached hydrogens (tertiary/aromatic N) is 1. The van der Waals surface area contributed by atoms with Crippen LogP contribution in [0.2, 0.25) is 0 Å². The summed E-state index contributed by atoms with van der Waals surface area (Å²) in [5.41, 5.74) is 2.82. The van der Waals surface area contributed by atoms with Gasteiger partial charge in [0.05, 0.1) is 12.7 Å². The molecule has 1 unspecified atom stereocenters. The zero-order chi connectivity index (χ0) is 28.1. The van der Waals surface area contributed by atoms with Crippen LogP contribution in [0.5, 0.6) is 5.75 Å². The molecule has 0 radical (unpaired) electrons. The maximum Gasteiger partial charge on any atom is 0.387 e. The third-order valence-corrected chi connectivity index (χ3v) is 7.73. The van der Waals surface area contributed by atoms with Crippen LogP contribution in [0.15, 0.2) is 72.8 Å². The zero-order valence-corrected chi connectivity index (χ0v) is 22.0. The molecular weight excluding hydrogens is 521 g/mol. The number of likely N-dealkylation sites (tertiary alicyclic amines) is 1. The van der Waals surface area contributed by atoms with Crippen molar-refractivity contribution < 1.29 is 32.2 Å². The van der Waals surface area contributed by atoms with E-state index in [0.29, 0.717) is 43.8 Å². The van der Waals surface area contributed by atoms with Crippen LogP contribution in [0, 0.1) is 11.2 Å². The van der Waals surface area contributed by atoms with E-state index in [4.69, 9.17) is 4.74 Å². The molecule has 0 aliphatic carbocycles. The molecule has 2 aliphatic heterocycles. The number of amides is 2. The van der Waals surface area contributed by atoms with Crippen LogP contribution in [-0.4, -0.2) is 55.7 Å². The predicted molar refractivity (Wildman–Crippen MR) is 143 cm³/mol. The Morgan fingerprint density at radius 3 is 2.35 bits per heavy atom. The maximum absolute atomic E-state index is 13.4. The second-order valence-corrected chi connectivity index (χ2v) is 10.5. The van der Waals surface area contributed by atoms with Gasteiger partial charge in [0.15, 0.2) is 0 Å². The van der Waals surface area contributed by atoms with E-state index in [-0.39, 0.29) is 34.9 Å². The van der Waals surface area contributed by atoms with Crippen LogP contribution in [0.1, 0.15) is 51.1 Å². The number of nitrogens with one attached hydrogen (secondary N) is 1. The van der Waals surface area contributed by atoms with E-state index in [0.717, 1.165) is 30.4 Å². The first-order chi connectivity index (χ1) is 19.3. The average molecular weight is 553 g/mol. The first-order valence-electron chi connectivity index (χ1n) is 13.4. The Hall–Kier alpha value is -3.85. The molecule has 1 N–H and O–H groups in total. The summed E-state index contributed by atoms with van der Waals surface area (Å²) in [6, 6.07) is 19.5. The third kappa shape index (κ3) is 6.83. The minimum Gasteiger partial charge on any atom is -0.435 e. The number of halogens is 3. The zero-order valence-electron chi connectivity index (χ0n) is 22.0. The Labute approximate surface area is 231 Å². The molecule has 2 saturated heterocycles. The molecule has 0 bridgehead atoms. The lowest BCUT2D eigenvalue weighted by Gasteiger charge is -2.38. The number of hydrogen-bond acceptors (Lipinski definition) is 4. The van der Waals surface area contributed by atoms with Gasteiger partial charge in [-0.1, -0.05) is 24.3 Å². The quantitative estimate of drug-likeness (QED) is 0.403. The van der Waals surface area contributed by atoms with Gasteiger partial charge in [0, 0.05) is 30.8 Å². The number of rotatable bonds is 8. The summed E-state index contributed by atoms with van der Waals surface area (Å²) in [5.74, 6) is -0.560. The van der Waals surface area contributed by atoms with E-state index in [1.54, 1.807) is 23.1 Å². The molecule has 3 aromatic rings. The van der Waals surface area contributed by atoms with Crippen molar-refractivity contribution in [3.05, 3.63) is 101 Å². The van der Waals surface area contributed by atoms with E-state index < -0.39 is 6.61 Å². The number of piperidine rings is 1. The van der Waals surface area contributed by atoms with Crippen LogP contribution < -0.4 is 10.1 Å². The van der Waals surface area contributed by atoms with Crippen LogP contribution in [-0.2, 0) is 11.2 Å². The van der Waals surface area contributed by atoms with Crippen molar-refractivity contribution in [1.29, 1.82) is 0 Å². The summed E-state index contributed by atoms with van der Waals surface area (Å²) in [7, 11) is 0. The molecule has 9 heteroatoms. The van der Waals surface area contributed by atoms with Crippen molar-refractivity contribution in [2.24, 2.45) is 5.41 Å². The van der Waals surface area contributed by atoms with Crippen molar-refractivity contribution in [3.63, 3.8) is 0 Å². The summed E-state index contributed by atoms with van der Waals surface area (Å²) >= 11 is 0. The number of carbonyl (C=O) groups is 2. The molecule has 210 valence electrons. The van der Waals surface area contributed by atoms with Gasteiger partial charge in [-0.25, -0.2) is 4.39 Å². The van der Waals surface area contributed by atoms with Crippen molar-refractivity contribution in [2.45, 2.75) is 38.4 Å². The summed E-state index contributed by atoms with van der Waals surface area (Å²) in [4.78, 5) is 27.4. The molecule has 5 rings (SSSR count). The van der Waals surface area contributed by atoms with Gasteiger partial charge < -0.3 is 19.7 Å². The van der Waals surface area contributed by atoms with Crippen molar-refractivity contribution in [1.82, 2.24) is 10.2 Å². The van der Waals surface area contributed by atoms with E-state index in [9.17, 15) is 22.8 Å². The maximum atomic E-state index is 13.4. The highest BCUT2D eigenvalue weighted by Gasteiger charge is 2.43. The first-order valence-corrected chi connectivity index (χ1v) is 13.4. The van der Waals surface area contributed by atoms with E-state index in [2.05, 4.69) is 10.1 Å². The number of benzene rings is 3. The summed E-state index contributed by atoms with van der Waals surface area (Å²) in [5, 5.41) is 2.97. The van der Waals surface area contributed by atoms with E-state index in [1.807, 2.05) is 18.2 Å². The molecule has 2 aliphatic rings. The van der Waals surface area contributed by atoms with Crippen molar-refractivity contribution in [2.75, 3.05) is 26.2 Å². The minimum atomic E-state index is -2.91. The molecule has 40 heavy (non-hydrogen) atoms. The van der Waals surface area contributed by atoms with Gasteiger partial charge in [-0.05, 0) is 90.8 Å². The lowest BCUT2D eigenvalue weighted by atomic mass is 9.76. The van der Waals surface area contributed by atoms with Crippen molar-refractivity contribution in [3.8, 4) is 5.75 Å². The predicted octanol–water partition coefficient (Wildman–Crippen LogP) is 5.46. The Balaban J connectivity index is 1.07. The van der Waals surface area contributed by atoms with E-state index >= 15 is 0 Å². The van der Waals surface area contributed by atoms with Gasteiger partial charge in [-0.2, -0.15) is 8.78 Å². The molecule has 0 saturated carbocycles. The first kappa shape index (κ1) is 27.7. The monoisotopic (exact) mass is 552 g/mol.